The molecule has 5 nitrogen and oxygen atoms in total. The van der Waals surface area contributed by atoms with Gasteiger partial charge in [-0.1, -0.05) is 0 Å². The third kappa shape index (κ3) is 2.33. The number of nitrogens with zero attached hydrogens (tertiary/aromatic N) is 2. The molecule has 0 radical (unpaired) electrons. The van der Waals surface area contributed by atoms with Crippen molar-refractivity contribution in [2.24, 2.45) is 0 Å². The Morgan fingerprint density at radius 2 is 2.41 bits per heavy atom. The van der Waals surface area contributed by atoms with Crippen LogP contribution in [0.3, 0.4) is 0 Å². The Morgan fingerprint density at radius 3 is 3.12 bits per heavy atom. The normalized spacial score (nSPS) is 20.0. The molecule has 1 saturated heterocycles. The molecule has 3 N–H and O–H groups in total. The molecule has 5 heteroatoms. The number of morpholine rings is 1. The number of hydrogen-bond acceptors (Lipinski definition) is 5. The van der Waals surface area contributed by atoms with Crippen LogP contribution in [0.4, 0.5) is 11.4 Å². The van der Waals surface area contributed by atoms with E-state index in [2.05, 4.69) is 6.07 Å². The summed E-state index contributed by atoms with van der Waals surface area (Å²) in [5, 5.41) is 18.2. The fraction of sp³-hybridized carbons (Fsp3) is 0.417. The number of nitrogen functional groups attached to an aromatic ring is 1. The molecular formula is C12H15N3O2. The standard InChI is InChI=1S/C12H15N3O2/c13-6-9-5-10(1-2-12(9)14)15-3-4-17-8-11(15)7-16/h1-2,5,11,16H,3-4,7-8,14H2. The summed E-state index contributed by atoms with van der Waals surface area (Å²) in [5.41, 5.74) is 7.52. The summed E-state index contributed by atoms with van der Waals surface area (Å²) in [6, 6.07) is 7.34. The number of anilines is 2. The van der Waals surface area contributed by atoms with E-state index in [1.165, 1.54) is 0 Å². The van der Waals surface area contributed by atoms with Crippen molar-refractivity contribution < 1.29 is 9.84 Å². The Bertz CT molecular complexity index is 442. The molecular weight excluding hydrogens is 218 g/mol. The van der Waals surface area contributed by atoms with Gasteiger partial charge in [0.05, 0.1) is 31.4 Å². The van der Waals surface area contributed by atoms with E-state index in [4.69, 9.17) is 15.7 Å². The van der Waals surface area contributed by atoms with Crippen molar-refractivity contribution in [3.05, 3.63) is 23.8 Å². The summed E-state index contributed by atoms with van der Waals surface area (Å²) in [6.45, 7) is 1.87. The van der Waals surface area contributed by atoms with E-state index in [0.29, 0.717) is 31.0 Å². The van der Waals surface area contributed by atoms with Gasteiger partial charge in [-0.3, -0.25) is 0 Å². The van der Waals surface area contributed by atoms with Crippen molar-refractivity contribution in [1.82, 2.24) is 0 Å². The van der Waals surface area contributed by atoms with Gasteiger partial charge in [0.15, 0.2) is 0 Å². The second-order valence-corrected chi connectivity index (χ2v) is 3.99. The Labute approximate surface area is 100 Å². The van der Waals surface area contributed by atoms with Crippen LogP contribution in [0, 0.1) is 11.3 Å². The number of benzene rings is 1. The number of aliphatic hydroxyl groups excluding tert-OH is 1. The van der Waals surface area contributed by atoms with Crippen molar-refractivity contribution in [3.8, 4) is 6.07 Å². The predicted octanol–water partition coefficient (Wildman–Crippen LogP) is 0.338. The SMILES string of the molecule is N#Cc1cc(N2CCOCC2CO)ccc1N. The van der Waals surface area contributed by atoms with Crippen LogP contribution in [0.15, 0.2) is 18.2 Å². The van der Waals surface area contributed by atoms with E-state index < -0.39 is 0 Å². The van der Waals surface area contributed by atoms with Crippen molar-refractivity contribution in [1.29, 1.82) is 5.26 Å². The first-order valence-corrected chi connectivity index (χ1v) is 5.51. The minimum Gasteiger partial charge on any atom is -0.398 e. The molecule has 1 aromatic rings. The zero-order chi connectivity index (χ0) is 12.3. The lowest BCUT2D eigenvalue weighted by molar-refractivity contribution is 0.0727. The molecule has 0 aliphatic carbocycles. The fourth-order valence-electron chi connectivity index (χ4n) is 1.97. The monoisotopic (exact) mass is 233 g/mol. The molecule has 1 aliphatic heterocycles. The van der Waals surface area contributed by atoms with Crippen LogP contribution in [0.5, 0.6) is 0 Å². The van der Waals surface area contributed by atoms with Crippen molar-refractivity contribution >= 4 is 11.4 Å². The Hall–Kier alpha value is -1.77. The van der Waals surface area contributed by atoms with Crippen molar-refractivity contribution in [2.75, 3.05) is 37.0 Å². The van der Waals surface area contributed by atoms with E-state index in [-0.39, 0.29) is 12.6 Å². The smallest absolute Gasteiger partial charge is 0.101 e. The maximum atomic E-state index is 9.29. The van der Waals surface area contributed by atoms with Gasteiger partial charge in [0.2, 0.25) is 0 Å². The van der Waals surface area contributed by atoms with E-state index in [1.807, 2.05) is 11.0 Å². The zero-order valence-electron chi connectivity index (χ0n) is 9.47. The van der Waals surface area contributed by atoms with Crippen LogP contribution in [0.2, 0.25) is 0 Å². The molecule has 0 aromatic heterocycles. The van der Waals surface area contributed by atoms with E-state index in [0.717, 1.165) is 5.69 Å². The van der Waals surface area contributed by atoms with Gasteiger partial charge >= 0.3 is 0 Å². The summed E-state index contributed by atoms with van der Waals surface area (Å²) in [4.78, 5) is 2.05. The summed E-state index contributed by atoms with van der Waals surface area (Å²) in [7, 11) is 0. The molecule has 0 saturated carbocycles. The zero-order valence-corrected chi connectivity index (χ0v) is 9.47. The molecule has 0 spiro atoms. The average Bonchev–Trinajstić information content (AvgIpc) is 2.39. The lowest BCUT2D eigenvalue weighted by atomic mass is 10.1. The molecule has 1 heterocycles. The second kappa shape index (κ2) is 5.04. The fourth-order valence-corrected chi connectivity index (χ4v) is 1.97. The van der Waals surface area contributed by atoms with Crippen molar-refractivity contribution in [2.45, 2.75) is 6.04 Å². The summed E-state index contributed by atoms with van der Waals surface area (Å²) < 4.78 is 5.31. The van der Waals surface area contributed by atoms with Gasteiger partial charge < -0.3 is 20.5 Å². The number of nitrogens with two attached hydrogens (primary N) is 1. The van der Waals surface area contributed by atoms with Crippen LogP contribution in [-0.4, -0.2) is 37.5 Å². The van der Waals surface area contributed by atoms with Gasteiger partial charge in [-0.15, -0.1) is 0 Å². The molecule has 1 aromatic carbocycles. The summed E-state index contributed by atoms with van der Waals surface area (Å²) >= 11 is 0. The molecule has 0 bridgehead atoms. The first-order chi connectivity index (χ1) is 8.26. The average molecular weight is 233 g/mol. The number of ether oxygens (including phenoxy) is 1. The van der Waals surface area contributed by atoms with E-state index in [1.54, 1.807) is 12.1 Å². The first kappa shape index (κ1) is 11.7. The van der Waals surface area contributed by atoms with Crippen LogP contribution in [0.1, 0.15) is 5.56 Å². The molecule has 1 fully saturated rings. The molecule has 17 heavy (non-hydrogen) atoms. The first-order valence-electron chi connectivity index (χ1n) is 5.51. The Balaban J connectivity index is 2.29. The lowest BCUT2D eigenvalue weighted by Crippen LogP contribution is -2.47. The van der Waals surface area contributed by atoms with Gasteiger partial charge in [-0.25, -0.2) is 0 Å². The molecule has 0 amide bonds. The molecule has 1 atom stereocenters. The number of hydrogen-bond donors (Lipinski definition) is 2. The third-order valence-corrected chi connectivity index (χ3v) is 2.93. The summed E-state index contributed by atoms with van der Waals surface area (Å²) in [6.07, 6.45) is 0. The number of nitriles is 1. The van der Waals surface area contributed by atoms with Gasteiger partial charge in [0, 0.05) is 17.9 Å². The molecule has 1 unspecified atom stereocenters. The maximum absolute atomic E-state index is 9.29. The van der Waals surface area contributed by atoms with Crippen LogP contribution < -0.4 is 10.6 Å². The number of aliphatic hydroxyl groups is 1. The van der Waals surface area contributed by atoms with E-state index in [9.17, 15) is 5.11 Å². The van der Waals surface area contributed by atoms with Crippen LogP contribution in [-0.2, 0) is 4.74 Å². The van der Waals surface area contributed by atoms with Gasteiger partial charge in [0.25, 0.3) is 0 Å². The molecule has 2 rings (SSSR count). The largest absolute Gasteiger partial charge is 0.398 e. The van der Waals surface area contributed by atoms with Crippen molar-refractivity contribution in [3.63, 3.8) is 0 Å². The minimum absolute atomic E-state index is 0.0340. The summed E-state index contributed by atoms with van der Waals surface area (Å²) in [5.74, 6) is 0. The minimum atomic E-state index is -0.0566. The highest BCUT2D eigenvalue weighted by molar-refractivity contribution is 5.63. The quantitative estimate of drug-likeness (QED) is 0.720. The highest BCUT2D eigenvalue weighted by Gasteiger charge is 2.22. The predicted molar refractivity (Wildman–Crippen MR) is 64.6 cm³/mol. The van der Waals surface area contributed by atoms with Crippen LogP contribution >= 0.6 is 0 Å². The van der Waals surface area contributed by atoms with E-state index >= 15 is 0 Å². The Morgan fingerprint density at radius 1 is 1.59 bits per heavy atom. The third-order valence-electron chi connectivity index (χ3n) is 2.93. The van der Waals surface area contributed by atoms with Gasteiger partial charge in [-0.2, -0.15) is 5.26 Å². The highest BCUT2D eigenvalue weighted by atomic mass is 16.5. The van der Waals surface area contributed by atoms with Gasteiger partial charge in [0.1, 0.15) is 6.07 Å². The Kier molecular flexibility index (Phi) is 3.47. The van der Waals surface area contributed by atoms with Crippen LogP contribution in [0.25, 0.3) is 0 Å². The number of rotatable bonds is 2. The van der Waals surface area contributed by atoms with Gasteiger partial charge in [-0.05, 0) is 18.2 Å². The lowest BCUT2D eigenvalue weighted by Gasteiger charge is -2.36. The topological polar surface area (TPSA) is 82.5 Å². The highest BCUT2D eigenvalue weighted by Crippen LogP contribution is 2.23. The molecule has 1 aliphatic rings. The molecule has 90 valence electrons. The maximum Gasteiger partial charge on any atom is 0.101 e. The second-order valence-electron chi connectivity index (χ2n) is 3.99.